The van der Waals surface area contributed by atoms with Crippen LogP contribution >= 0.6 is 0 Å². The van der Waals surface area contributed by atoms with Crippen LogP contribution in [0.5, 0.6) is 0 Å². The standard InChI is InChI=1S/C19H18O4/c1-3-22-19(21)14-9-23-18-15(14)10(2)12-8-7-11-5-4-6-13(11)16(12)17(18)20/h7-10H,3-6H2,1-2H3. The SMILES string of the molecule is CCOC(=O)c1coc2c1C(C)c1ccc3c(c1C2=O)CCC3. The monoisotopic (exact) mass is 310 g/mol. The Balaban J connectivity index is 1.89. The molecular formula is C19H18O4. The molecule has 0 N–H and O–H groups in total. The van der Waals surface area contributed by atoms with Crippen molar-refractivity contribution in [1.29, 1.82) is 0 Å². The topological polar surface area (TPSA) is 56.5 Å². The van der Waals surface area contributed by atoms with E-state index < -0.39 is 5.97 Å². The van der Waals surface area contributed by atoms with Gasteiger partial charge in [-0.1, -0.05) is 19.1 Å². The Kier molecular flexibility index (Phi) is 3.15. The first-order chi connectivity index (χ1) is 11.1. The van der Waals surface area contributed by atoms with Gasteiger partial charge in [0.25, 0.3) is 0 Å². The van der Waals surface area contributed by atoms with Crippen molar-refractivity contribution in [3.63, 3.8) is 0 Å². The second kappa shape index (κ2) is 5.08. The highest BCUT2D eigenvalue weighted by Gasteiger charge is 2.38. The molecule has 4 rings (SSSR count). The van der Waals surface area contributed by atoms with Gasteiger partial charge < -0.3 is 9.15 Å². The molecule has 118 valence electrons. The Morgan fingerprint density at radius 1 is 1.35 bits per heavy atom. The third kappa shape index (κ3) is 1.90. The number of hydrogen-bond donors (Lipinski definition) is 0. The average molecular weight is 310 g/mol. The summed E-state index contributed by atoms with van der Waals surface area (Å²) >= 11 is 0. The molecule has 0 spiro atoms. The maximum atomic E-state index is 13.0. The first-order valence-corrected chi connectivity index (χ1v) is 8.11. The molecule has 2 aromatic rings. The Morgan fingerprint density at radius 2 is 2.17 bits per heavy atom. The molecule has 1 aromatic carbocycles. The smallest absolute Gasteiger partial charge is 0.341 e. The number of benzene rings is 1. The fourth-order valence-corrected chi connectivity index (χ4v) is 3.92. The van der Waals surface area contributed by atoms with Gasteiger partial charge in [-0.3, -0.25) is 4.79 Å². The lowest BCUT2D eigenvalue weighted by molar-refractivity contribution is 0.0524. The summed E-state index contributed by atoms with van der Waals surface area (Å²) in [6, 6.07) is 4.16. The number of fused-ring (bicyclic) bond motifs is 4. The summed E-state index contributed by atoms with van der Waals surface area (Å²) in [5, 5.41) is 0. The first kappa shape index (κ1) is 14.2. The molecule has 1 heterocycles. The van der Waals surface area contributed by atoms with Crippen molar-refractivity contribution in [1.82, 2.24) is 0 Å². The van der Waals surface area contributed by atoms with Crippen LogP contribution in [0.4, 0.5) is 0 Å². The number of ketones is 1. The average Bonchev–Trinajstić information content (AvgIpc) is 3.18. The van der Waals surface area contributed by atoms with E-state index in [9.17, 15) is 9.59 Å². The summed E-state index contributed by atoms with van der Waals surface area (Å²) in [6.45, 7) is 4.08. The molecule has 0 aliphatic heterocycles. The second-order valence-electron chi connectivity index (χ2n) is 6.18. The lowest BCUT2D eigenvalue weighted by Gasteiger charge is -2.24. The van der Waals surface area contributed by atoms with Crippen LogP contribution in [0.25, 0.3) is 0 Å². The van der Waals surface area contributed by atoms with E-state index in [1.54, 1.807) is 6.92 Å². The molecule has 0 saturated carbocycles. The lowest BCUT2D eigenvalue weighted by Crippen LogP contribution is -2.21. The number of aryl methyl sites for hydroxylation is 1. The summed E-state index contributed by atoms with van der Waals surface area (Å²) < 4.78 is 10.6. The highest BCUT2D eigenvalue weighted by molar-refractivity contribution is 6.13. The van der Waals surface area contributed by atoms with Crippen molar-refractivity contribution in [3.8, 4) is 0 Å². The number of carbonyl (C=O) groups excluding carboxylic acids is 2. The second-order valence-corrected chi connectivity index (χ2v) is 6.18. The zero-order valence-corrected chi connectivity index (χ0v) is 13.3. The van der Waals surface area contributed by atoms with Crippen LogP contribution in [0.3, 0.4) is 0 Å². The molecule has 0 fully saturated rings. The van der Waals surface area contributed by atoms with Gasteiger partial charge in [0.2, 0.25) is 5.78 Å². The van der Waals surface area contributed by atoms with E-state index >= 15 is 0 Å². The number of rotatable bonds is 2. The van der Waals surface area contributed by atoms with Gasteiger partial charge >= 0.3 is 5.97 Å². The molecule has 1 aromatic heterocycles. The molecule has 4 nitrogen and oxygen atoms in total. The first-order valence-electron chi connectivity index (χ1n) is 8.11. The van der Waals surface area contributed by atoms with E-state index in [4.69, 9.17) is 9.15 Å². The largest absolute Gasteiger partial charge is 0.462 e. The van der Waals surface area contributed by atoms with Crippen molar-refractivity contribution in [2.45, 2.75) is 39.0 Å². The molecule has 1 atom stereocenters. The van der Waals surface area contributed by atoms with Gasteiger partial charge in [-0.2, -0.15) is 0 Å². The van der Waals surface area contributed by atoms with Crippen LogP contribution in [-0.4, -0.2) is 18.4 Å². The Hall–Kier alpha value is -2.36. The predicted molar refractivity (Wildman–Crippen MR) is 84.1 cm³/mol. The molecule has 0 radical (unpaired) electrons. The van der Waals surface area contributed by atoms with E-state index in [2.05, 4.69) is 6.07 Å². The summed E-state index contributed by atoms with van der Waals surface area (Å²) in [4.78, 5) is 25.1. The summed E-state index contributed by atoms with van der Waals surface area (Å²) in [5.41, 5.74) is 5.26. The minimum atomic E-state index is -0.429. The van der Waals surface area contributed by atoms with Crippen molar-refractivity contribution in [3.05, 3.63) is 57.5 Å². The van der Waals surface area contributed by atoms with Crippen molar-refractivity contribution in [2.75, 3.05) is 6.61 Å². The van der Waals surface area contributed by atoms with Crippen LogP contribution in [0.2, 0.25) is 0 Å². The molecule has 1 unspecified atom stereocenters. The molecular weight excluding hydrogens is 292 g/mol. The van der Waals surface area contributed by atoms with Gasteiger partial charge in [0.15, 0.2) is 5.76 Å². The fraction of sp³-hybridized carbons (Fsp3) is 0.368. The molecule has 4 heteroatoms. The van der Waals surface area contributed by atoms with Gasteiger partial charge in [0.1, 0.15) is 11.8 Å². The van der Waals surface area contributed by atoms with Crippen LogP contribution in [0.1, 0.15) is 74.9 Å². The van der Waals surface area contributed by atoms with Crippen LogP contribution in [0, 0.1) is 0 Å². The number of carbonyl (C=O) groups is 2. The van der Waals surface area contributed by atoms with Gasteiger partial charge in [-0.15, -0.1) is 0 Å². The van der Waals surface area contributed by atoms with E-state index in [0.717, 1.165) is 30.4 Å². The quantitative estimate of drug-likeness (QED) is 0.795. The zero-order valence-electron chi connectivity index (χ0n) is 13.3. The normalized spacial score (nSPS) is 18.3. The number of ether oxygens (including phenoxy) is 1. The summed E-state index contributed by atoms with van der Waals surface area (Å²) in [5.74, 6) is -0.278. The summed E-state index contributed by atoms with van der Waals surface area (Å²) in [6.07, 6.45) is 4.43. The van der Waals surface area contributed by atoms with E-state index in [0.29, 0.717) is 23.5 Å². The van der Waals surface area contributed by atoms with Gasteiger partial charge in [-0.25, -0.2) is 4.79 Å². The molecule has 0 amide bonds. The van der Waals surface area contributed by atoms with Crippen molar-refractivity contribution < 1.29 is 18.7 Å². The van der Waals surface area contributed by atoms with E-state index in [1.165, 1.54) is 17.4 Å². The highest BCUT2D eigenvalue weighted by Crippen LogP contribution is 2.42. The lowest BCUT2D eigenvalue weighted by atomic mass is 9.78. The van der Waals surface area contributed by atoms with Crippen LogP contribution in [-0.2, 0) is 17.6 Å². The number of esters is 1. The maximum absolute atomic E-state index is 13.0. The van der Waals surface area contributed by atoms with Gasteiger partial charge in [-0.05, 0) is 42.9 Å². The Morgan fingerprint density at radius 3 is 2.96 bits per heavy atom. The molecule has 23 heavy (non-hydrogen) atoms. The van der Waals surface area contributed by atoms with Crippen molar-refractivity contribution >= 4 is 11.8 Å². The maximum Gasteiger partial charge on any atom is 0.341 e. The minimum absolute atomic E-state index is 0.0539. The third-order valence-corrected chi connectivity index (χ3v) is 4.97. The van der Waals surface area contributed by atoms with E-state index in [1.807, 2.05) is 13.0 Å². The van der Waals surface area contributed by atoms with Crippen LogP contribution in [0.15, 0.2) is 22.8 Å². The molecule has 2 aliphatic rings. The van der Waals surface area contributed by atoms with Crippen LogP contribution < -0.4 is 0 Å². The molecule has 2 aliphatic carbocycles. The van der Waals surface area contributed by atoms with Gasteiger partial charge in [0, 0.05) is 17.0 Å². The Bertz CT molecular complexity index is 828. The zero-order chi connectivity index (χ0) is 16.1. The number of furan rings is 1. The van der Waals surface area contributed by atoms with Gasteiger partial charge in [0.05, 0.1) is 6.61 Å². The fourth-order valence-electron chi connectivity index (χ4n) is 3.92. The molecule has 0 saturated heterocycles. The highest BCUT2D eigenvalue weighted by atomic mass is 16.5. The summed E-state index contributed by atoms with van der Waals surface area (Å²) in [7, 11) is 0. The Labute approximate surface area is 134 Å². The van der Waals surface area contributed by atoms with Crippen molar-refractivity contribution in [2.24, 2.45) is 0 Å². The predicted octanol–water partition coefficient (Wildman–Crippen LogP) is 3.64. The van der Waals surface area contributed by atoms with E-state index in [-0.39, 0.29) is 11.7 Å². The number of hydrogen-bond acceptors (Lipinski definition) is 4. The minimum Gasteiger partial charge on any atom is -0.462 e. The molecule has 0 bridgehead atoms. The third-order valence-electron chi connectivity index (χ3n) is 4.97.